The molecule has 1 saturated heterocycles. The Morgan fingerprint density at radius 3 is 2.26 bits per heavy atom. The summed E-state index contributed by atoms with van der Waals surface area (Å²) in [4.78, 5) is 0. The average molecular weight is 773 g/mol. The lowest BCUT2D eigenvalue weighted by Gasteiger charge is -2.43. The number of methoxy groups -OCH3 is 1. The number of phenols is 1. The summed E-state index contributed by atoms with van der Waals surface area (Å²) in [6.07, 6.45) is 2.62. The van der Waals surface area contributed by atoms with Gasteiger partial charge in [0, 0.05) is 6.32 Å². The lowest BCUT2D eigenvalue weighted by Crippen LogP contribution is -2.66. The summed E-state index contributed by atoms with van der Waals surface area (Å²) >= 11 is 2.07. The second-order valence-electron chi connectivity index (χ2n) is 13.2. The van der Waals surface area contributed by atoms with Crippen molar-refractivity contribution >= 4 is 64.3 Å². The van der Waals surface area contributed by atoms with Gasteiger partial charge in [-0.1, -0.05) is 93.1 Å². The summed E-state index contributed by atoms with van der Waals surface area (Å²) in [5.41, 5.74) is 3.43. The zero-order chi connectivity index (χ0) is 33.3. The molecule has 2 aliphatic heterocycles. The highest BCUT2D eigenvalue weighted by atomic mass is 127. The SMILES string of the molecule is COc1cc(/C=C(\C)CC[C@H]2OB(O)C[C@H]3C2=C(CO[Si](c2ccccc2)(c2ccccc2)C(C)(C)C)CS3(=O)=O)cc(I)c1O. The van der Waals surface area contributed by atoms with E-state index in [2.05, 4.69) is 67.6 Å². The molecule has 46 heavy (non-hydrogen) atoms. The highest BCUT2D eigenvalue weighted by Crippen LogP contribution is 2.42. The number of phenolic OH excluding ortho intramolecular Hbond substituents is 1. The zero-order valence-corrected chi connectivity index (χ0v) is 31.0. The minimum atomic E-state index is -3.53. The van der Waals surface area contributed by atoms with Crippen LogP contribution in [0.2, 0.25) is 11.4 Å². The van der Waals surface area contributed by atoms with Crippen LogP contribution in [0.25, 0.3) is 6.08 Å². The third-order valence-corrected chi connectivity index (χ3v) is 16.9. The normalized spacial score (nSPS) is 20.2. The summed E-state index contributed by atoms with van der Waals surface area (Å²) in [5.74, 6) is 0.410. The second-order valence-corrected chi connectivity index (χ2v) is 20.9. The quantitative estimate of drug-likeness (QED) is 0.154. The van der Waals surface area contributed by atoms with Crippen molar-refractivity contribution in [1.29, 1.82) is 0 Å². The van der Waals surface area contributed by atoms with Crippen LogP contribution < -0.4 is 15.1 Å². The number of allylic oxidation sites excluding steroid dienone is 1. The fourth-order valence-corrected chi connectivity index (χ4v) is 14.2. The van der Waals surface area contributed by atoms with Gasteiger partial charge < -0.3 is 23.9 Å². The molecule has 7 nitrogen and oxygen atoms in total. The molecule has 0 aromatic heterocycles. The molecular formula is C35H42BIO7SSi. The van der Waals surface area contributed by atoms with E-state index in [4.69, 9.17) is 13.8 Å². The van der Waals surface area contributed by atoms with Crippen LogP contribution in [0.3, 0.4) is 0 Å². The summed E-state index contributed by atoms with van der Waals surface area (Å²) < 4.78 is 46.4. The van der Waals surface area contributed by atoms with E-state index >= 15 is 0 Å². The summed E-state index contributed by atoms with van der Waals surface area (Å²) in [5, 5.41) is 22.1. The van der Waals surface area contributed by atoms with Crippen molar-refractivity contribution in [3.8, 4) is 11.5 Å². The van der Waals surface area contributed by atoms with E-state index in [0.29, 0.717) is 22.2 Å². The molecular weight excluding hydrogens is 730 g/mol. The fraction of sp³-hybridized carbons (Fsp3) is 0.371. The zero-order valence-electron chi connectivity index (χ0n) is 27.0. The smallest absolute Gasteiger partial charge is 0.456 e. The minimum Gasteiger partial charge on any atom is -0.504 e. The molecule has 1 fully saturated rings. The van der Waals surface area contributed by atoms with E-state index in [-0.39, 0.29) is 29.5 Å². The van der Waals surface area contributed by atoms with Crippen LogP contribution in [-0.4, -0.2) is 64.8 Å². The molecule has 3 aromatic carbocycles. The molecule has 3 aromatic rings. The standard InChI is InChI=1S/C35H42BIO7SSi/c1-24(18-25-19-29(37)34(38)31(20-25)42-5)16-17-30-33-26(23-45(40,41)32(33)21-36(39)44-30)22-43-46(35(2,3)4,27-12-8-6-9-13-27)28-14-10-7-11-15-28/h6-15,18-20,30,32,38-39H,16-17,21-23H2,1-5H3/b24-18+/t30-,32+/m1/s1. The van der Waals surface area contributed by atoms with E-state index in [1.165, 1.54) is 7.11 Å². The van der Waals surface area contributed by atoms with Crippen LogP contribution in [0.15, 0.2) is 89.5 Å². The lowest BCUT2D eigenvalue weighted by atomic mass is 9.74. The Labute approximate surface area is 288 Å². The molecule has 2 N–H and O–H groups in total. The Morgan fingerprint density at radius 1 is 1.09 bits per heavy atom. The first-order valence-electron chi connectivity index (χ1n) is 15.5. The van der Waals surface area contributed by atoms with E-state index in [1.54, 1.807) is 6.07 Å². The third-order valence-electron chi connectivity index (χ3n) is 9.01. The maximum absolute atomic E-state index is 13.6. The van der Waals surface area contributed by atoms with Gasteiger partial charge in [-0.25, -0.2) is 8.42 Å². The van der Waals surface area contributed by atoms with E-state index in [1.807, 2.05) is 55.5 Å². The average Bonchev–Trinajstić information content (AvgIpc) is 3.27. The Kier molecular flexibility index (Phi) is 10.6. The van der Waals surface area contributed by atoms with Crippen LogP contribution in [0.5, 0.6) is 11.5 Å². The molecule has 0 aliphatic carbocycles. The van der Waals surface area contributed by atoms with Crippen LogP contribution in [0.4, 0.5) is 0 Å². The highest BCUT2D eigenvalue weighted by molar-refractivity contribution is 14.1. The Balaban J connectivity index is 1.48. The van der Waals surface area contributed by atoms with Crippen molar-refractivity contribution in [2.24, 2.45) is 0 Å². The topological polar surface area (TPSA) is 102 Å². The molecule has 0 saturated carbocycles. The first-order chi connectivity index (χ1) is 21.8. The second kappa shape index (κ2) is 14.0. The number of fused-ring (bicyclic) bond motifs is 1. The molecule has 0 spiro atoms. The van der Waals surface area contributed by atoms with Gasteiger partial charge in [-0.3, -0.25) is 0 Å². The third kappa shape index (κ3) is 7.05. The molecule has 0 bridgehead atoms. The number of hydrogen-bond donors (Lipinski definition) is 2. The maximum Gasteiger partial charge on any atom is 0.456 e. The number of aromatic hydroxyl groups is 1. The monoisotopic (exact) mass is 772 g/mol. The molecule has 2 aliphatic rings. The van der Waals surface area contributed by atoms with Gasteiger partial charge in [0.25, 0.3) is 8.32 Å². The summed E-state index contributed by atoms with van der Waals surface area (Å²) in [6.45, 7) is 8.79. The first kappa shape index (κ1) is 34.9. The molecule has 244 valence electrons. The van der Waals surface area contributed by atoms with Crippen molar-refractivity contribution in [3.05, 3.63) is 98.6 Å². The largest absolute Gasteiger partial charge is 0.504 e. The lowest BCUT2D eigenvalue weighted by molar-refractivity contribution is 0.168. The van der Waals surface area contributed by atoms with Crippen molar-refractivity contribution in [2.75, 3.05) is 19.5 Å². The van der Waals surface area contributed by atoms with Crippen LogP contribution in [0.1, 0.15) is 46.1 Å². The molecule has 11 heteroatoms. The van der Waals surface area contributed by atoms with E-state index in [0.717, 1.165) is 32.7 Å². The van der Waals surface area contributed by atoms with Gasteiger partial charge in [0.2, 0.25) is 0 Å². The fourth-order valence-electron chi connectivity index (χ4n) is 6.91. The molecule has 2 heterocycles. The van der Waals surface area contributed by atoms with Gasteiger partial charge in [-0.05, 0) is 86.6 Å². The maximum atomic E-state index is 13.6. The van der Waals surface area contributed by atoms with Crippen molar-refractivity contribution in [1.82, 2.24) is 0 Å². The molecule has 0 amide bonds. The number of rotatable bonds is 10. The number of halogens is 1. The number of ether oxygens (including phenoxy) is 1. The van der Waals surface area contributed by atoms with Crippen LogP contribution >= 0.6 is 22.6 Å². The Morgan fingerprint density at radius 2 is 1.70 bits per heavy atom. The predicted octanol–water partition coefficient (Wildman–Crippen LogP) is 5.74. The van der Waals surface area contributed by atoms with Gasteiger partial charge >= 0.3 is 7.12 Å². The van der Waals surface area contributed by atoms with Gasteiger partial charge in [0.1, 0.15) is 0 Å². The number of benzene rings is 3. The van der Waals surface area contributed by atoms with Crippen molar-refractivity contribution in [3.63, 3.8) is 0 Å². The first-order valence-corrected chi connectivity index (χ1v) is 20.2. The molecule has 2 atom stereocenters. The number of sulfone groups is 1. The summed E-state index contributed by atoms with van der Waals surface area (Å²) in [6, 6.07) is 24.3. The van der Waals surface area contributed by atoms with Crippen molar-refractivity contribution < 1.29 is 32.4 Å². The van der Waals surface area contributed by atoms with Crippen molar-refractivity contribution in [2.45, 2.75) is 63.2 Å². The Bertz CT molecular complexity index is 1680. The van der Waals surface area contributed by atoms with Crippen LogP contribution in [-0.2, 0) is 18.9 Å². The summed E-state index contributed by atoms with van der Waals surface area (Å²) in [7, 11) is -6.07. The van der Waals surface area contributed by atoms with Gasteiger partial charge in [-0.15, -0.1) is 0 Å². The van der Waals surface area contributed by atoms with Gasteiger partial charge in [0.05, 0.1) is 34.4 Å². The van der Waals surface area contributed by atoms with Gasteiger partial charge in [0.15, 0.2) is 21.3 Å². The highest BCUT2D eigenvalue weighted by Gasteiger charge is 2.52. The number of hydrogen-bond acceptors (Lipinski definition) is 7. The molecule has 0 radical (unpaired) electrons. The van der Waals surface area contributed by atoms with E-state index in [9.17, 15) is 18.5 Å². The molecule has 5 rings (SSSR count). The minimum absolute atomic E-state index is 0.0252. The van der Waals surface area contributed by atoms with E-state index < -0.39 is 36.6 Å². The predicted molar refractivity (Wildman–Crippen MR) is 196 cm³/mol. The Hall–Kier alpha value is -2.42. The van der Waals surface area contributed by atoms with Gasteiger partial charge in [-0.2, -0.15) is 0 Å². The molecule has 0 unspecified atom stereocenters. The van der Waals surface area contributed by atoms with Crippen LogP contribution in [0, 0.1) is 3.57 Å².